The van der Waals surface area contributed by atoms with Gasteiger partial charge in [0.05, 0.1) is 0 Å². The lowest BCUT2D eigenvalue weighted by atomic mass is 9.98. The molecule has 3 heteroatoms. The maximum absolute atomic E-state index is 8.94. The van der Waals surface area contributed by atoms with Crippen molar-refractivity contribution in [1.82, 2.24) is 0 Å². The molecule has 0 aliphatic carbocycles. The van der Waals surface area contributed by atoms with Gasteiger partial charge < -0.3 is 10.8 Å². The molecular formula is C16H20ClNO. The maximum atomic E-state index is 8.94. The van der Waals surface area contributed by atoms with Gasteiger partial charge in [-0.1, -0.05) is 48.0 Å². The van der Waals surface area contributed by atoms with E-state index < -0.39 is 0 Å². The number of hydrogen-bond donors (Lipinski definition) is 2. The summed E-state index contributed by atoms with van der Waals surface area (Å²) in [4.78, 5) is 0. The molecule has 0 bridgehead atoms. The second kappa shape index (κ2) is 7.29. The molecular weight excluding hydrogens is 258 g/mol. The van der Waals surface area contributed by atoms with E-state index in [1.807, 2.05) is 12.1 Å². The number of aliphatic hydroxyl groups is 1. The number of rotatable bonds is 4. The molecule has 0 aliphatic rings. The van der Waals surface area contributed by atoms with Gasteiger partial charge in [-0.2, -0.15) is 0 Å². The van der Waals surface area contributed by atoms with Crippen LogP contribution in [0.15, 0.2) is 48.5 Å². The number of aliphatic hydroxyl groups excluding tert-OH is 1. The lowest BCUT2D eigenvalue weighted by Gasteiger charge is -2.12. The molecule has 0 aliphatic heterocycles. The standard InChI is InChI=1S/C16H19NO.ClH/c1-12-4-2-5-13(10-12)14-6-3-7-15(11-14)16(17)8-9-18;/h2-7,10-11,16,18H,8-9,17H2,1H3;1H. The van der Waals surface area contributed by atoms with Crippen molar-refractivity contribution in [2.45, 2.75) is 19.4 Å². The highest BCUT2D eigenvalue weighted by Crippen LogP contribution is 2.24. The van der Waals surface area contributed by atoms with Crippen molar-refractivity contribution in [3.05, 3.63) is 59.7 Å². The summed E-state index contributed by atoms with van der Waals surface area (Å²) in [5.41, 5.74) is 10.7. The Bertz CT molecular complexity index is 528. The molecule has 2 rings (SSSR count). The maximum Gasteiger partial charge on any atom is 0.0449 e. The SMILES string of the molecule is Cc1cccc(-c2cccc(C(N)CCO)c2)c1.Cl. The van der Waals surface area contributed by atoms with E-state index in [1.54, 1.807) is 0 Å². The quantitative estimate of drug-likeness (QED) is 0.899. The van der Waals surface area contributed by atoms with E-state index in [0.29, 0.717) is 6.42 Å². The van der Waals surface area contributed by atoms with Crippen LogP contribution in [0.25, 0.3) is 11.1 Å². The van der Waals surface area contributed by atoms with Crippen LogP contribution in [0, 0.1) is 6.92 Å². The minimum absolute atomic E-state index is 0. The lowest BCUT2D eigenvalue weighted by molar-refractivity contribution is 0.276. The van der Waals surface area contributed by atoms with Crippen molar-refractivity contribution in [1.29, 1.82) is 0 Å². The Morgan fingerprint density at radius 1 is 1.05 bits per heavy atom. The molecule has 2 aromatic carbocycles. The van der Waals surface area contributed by atoms with Crippen LogP contribution < -0.4 is 5.73 Å². The molecule has 0 radical (unpaired) electrons. The van der Waals surface area contributed by atoms with Gasteiger partial charge in [-0.05, 0) is 36.1 Å². The fourth-order valence-electron chi connectivity index (χ4n) is 2.08. The molecule has 102 valence electrons. The lowest BCUT2D eigenvalue weighted by Crippen LogP contribution is -2.11. The fourth-order valence-corrected chi connectivity index (χ4v) is 2.08. The highest BCUT2D eigenvalue weighted by atomic mass is 35.5. The van der Waals surface area contributed by atoms with Gasteiger partial charge >= 0.3 is 0 Å². The molecule has 0 aromatic heterocycles. The molecule has 19 heavy (non-hydrogen) atoms. The van der Waals surface area contributed by atoms with Gasteiger partial charge in [-0.25, -0.2) is 0 Å². The predicted octanol–water partition coefficient (Wildman–Crippen LogP) is 3.47. The minimum atomic E-state index is -0.0974. The molecule has 0 spiro atoms. The van der Waals surface area contributed by atoms with Crippen molar-refractivity contribution in [3.8, 4) is 11.1 Å². The van der Waals surface area contributed by atoms with E-state index in [9.17, 15) is 0 Å². The van der Waals surface area contributed by atoms with Crippen LogP contribution in [0.1, 0.15) is 23.6 Å². The zero-order valence-electron chi connectivity index (χ0n) is 11.0. The number of aryl methyl sites for hydroxylation is 1. The normalized spacial score (nSPS) is 11.7. The Hall–Kier alpha value is -1.35. The fraction of sp³-hybridized carbons (Fsp3) is 0.250. The van der Waals surface area contributed by atoms with E-state index in [2.05, 4.69) is 43.3 Å². The zero-order chi connectivity index (χ0) is 13.0. The largest absolute Gasteiger partial charge is 0.396 e. The first-order chi connectivity index (χ1) is 8.70. The van der Waals surface area contributed by atoms with Crippen LogP contribution >= 0.6 is 12.4 Å². The molecule has 2 aromatic rings. The Morgan fingerprint density at radius 3 is 2.32 bits per heavy atom. The second-order valence-electron chi connectivity index (χ2n) is 4.61. The third-order valence-corrected chi connectivity index (χ3v) is 3.11. The molecule has 1 unspecified atom stereocenters. The van der Waals surface area contributed by atoms with Gasteiger partial charge in [-0.15, -0.1) is 12.4 Å². The summed E-state index contributed by atoms with van der Waals surface area (Å²) >= 11 is 0. The van der Waals surface area contributed by atoms with Crippen molar-refractivity contribution in [3.63, 3.8) is 0 Å². The topological polar surface area (TPSA) is 46.2 Å². The first-order valence-electron chi connectivity index (χ1n) is 6.24. The molecule has 1 atom stereocenters. The summed E-state index contributed by atoms with van der Waals surface area (Å²) in [5, 5.41) is 8.94. The van der Waals surface area contributed by atoms with Gasteiger partial charge in [0.1, 0.15) is 0 Å². The Kier molecular flexibility index (Phi) is 6.03. The van der Waals surface area contributed by atoms with Crippen molar-refractivity contribution in [2.24, 2.45) is 5.73 Å². The number of hydrogen-bond acceptors (Lipinski definition) is 2. The van der Waals surface area contributed by atoms with Crippen LogP contribution in [0.4, 0.5) is 0 Å². The van der Waals surface area contributed by atoms with Crippen molar-refractivity contribution >= 4 is 12.4 Å². The monoisotopic (exact) mass is 277 g/mol. The van der Waals surface area contributed by atoms with E-state index in [0.717, 1.165) is 5.56 Å². The van der Waals surface area contributed by atoms with Crippen LogP contribution in [0.2, 0.25) is 0 Å². The Balaban J connectivity index is 0.00000180. The highest BCUT2D eigenvalue weighted by molar-refractivity contribution is 5.85. The third kappa shape index (κ3) is 4.06. The summed E-state index contributed by atoms with van der Waals surface area (Å²) in [6, 6.07) is 16.5. The van der Waals surface area contributed by atoms with Crippen molar-refractivity contribution < 1.29 is 5.11 Å². The molecule has 0 amide bonds. The first kappa shape index (κ1) is 15.7. The minimum Gasteiger partial charge on any atom is -0.396 e. The van der Waals surface area contributed by atoms with E-state index in [1.165, 1.54) is 16.7 Å². The van der Waals surface area contributed by atoms with Gasteiger partial charge in [0, 0.05) is 12.6 Å². The average Bonchev–Trinajstić information content (AvgIpc) is 2.39. The average molecular weight is 278 g/mol. The molecule has 0 saturated heterocycles. The van der Waals surface area contributed by atoms with Gasteiger partial charge in [-0.3, -0.25) is 0 Å². The number of nitrogens with two attached hydrogens (primary N) is 1. The Labute approximate surface area is 120 Å². The summed E-state index contributed by atoms with van der Waals surface area (Å²) in [6.07, 6.45) is 0.595. The second-order valence-corrected chi connectivity index (χ2v) is 4.61. The molecule has 0 saturated carbocycles. The predicted molar refractivity (Wildman–Crippen MR) is 82.5 cm³/mol. The van der Waals surface area contributed by atoms with E-state index >= 15 is 0 Å². The molecule has 2 nitrogen and oxygen atoms in total. The van der Waals surface area contributed by atoms with Crippen LogP contribution in [0.3, 0.4) is 0 Å². The summed E-state index contributed by atoms with van der Waals surface area (Å²) in [6.45, 7) is 2.21. The summed E-state index contributed by atoms with van der Waals surface area (Å²) in [5.74, 6) is 0. The summed E-state index contributed by atoms with van der Waals surface area (Å²) in [7, 11) is 0. The number of halogens is 1. The smallest absolute Gasteiger partial charge is 0.0449 e. The molecule has 3 N–H and O–H groups in total. The van der Waals surface area contributed by atoms with E-state index in [4.69, 9.17) is 10.8 Å². The molecule has 0 fully saturated rings. The van der Waals surface area contributed by atoms with Gasteiger partial charge in [0.2, 0.25) is 0 Å². The van der Waals surface area contributed by atoms with Gasteiger partial charge in [0.25, 0.3) is 0 Å². The highest BCUT2D eigenvalue weighted by Gasteiger charge is 2.06. The Morgan fingerprint density at radius 2 is 1.68 bits per heavy atom. The third-order valence-electron chi connectivity index (χ3n) is 3.11. The molecule has 0 heterocycles. The first-order valence-corrected chi connectivity index (χ1v) is 6.24. The van der Waals surface area contributed by atoms with Gasteiger partial charge in [0.15, 0.2) is 0 Å². The number of benzene rings is 2. The zero-order valence-corrected chi connectivity index (χ0v) is 11.9. The van der Waals surface area contributed by atoms with Crippen LogP contribution in [-0.2, 0) is 0 Å². The van der Waals surface area contributed by atoms with Crippen LogP contribution in [0.5, 0.6) is 0 Å². The van der Waals surface area contributed by atoms with E-state index in [-0.39, 0.29) is 25.1 Å². The van der Waals surface area contributed by atoms with Crippen LogP contribution in [-0.4, -0.2) is 11.7 Å². The van der Waals surface area contributed by atoms with Crippen molar-refractivity contribution in [2.75, 3.05) is 6.61 Å². The summed E-state index contributed by atoms with van der Waals surface area (Å²) < 4.78 is 0.